The molecular formula is C13H19FN2O. The van der Waals surface area contributed by atoms with Gasteiger partial charge in [-0.25, -0.2) is 4.39 Å². The van der Waals surface area contributed by atoms with Crippen molar-refractivity contribution in [3.8, 4) is 0 Å². The topological polar surface area (TPSA) is 35.5 Å². The summed E-state index contributed by atoms with van der Waals surface area (Å²) in [5.74, 6) is -0.222. The van der Waals surface area contributed by atoms with Crippen molar-refractivity contribution in [2.45, 2.75) is 25.4 Å². The van der Waals surface area contributed by atoms with Crippen molar-refractivity contribution in [1.29, 1.82) is 0 Å². The van der Waals surface area contributed by atoms with E-state index in [1.54, 1.807) is 12.1 Å². The second-order valence-electron chi connectivity index (χ2n) is 4.54. The van der Waals surface area contributed by atoms with Crippen LogP contribution in [0.4, 0.5) is 10.1 Å². The highest BCUT2D eigenvalue weighted by atomic mass is 19.1. The van der Waals surface area contributed by atoms with Gasteiger partial charge < -0.3 is 15.3 Å². The Morgan fingerprint density at radius 3 is 2.94 bits per heavy atom. The minimum atomic E-state index is -0.222. The first-order valence-corrected chi connectivity index (χ1v) is 6.08. The van der Waals surface area contributed by atoms with Crippen molar-refractivity contribution in [2.75, 3.05) is 24.6 Å². The maximum atomic E-state index is 13.8. The average molecular weight is 238 g/mol. The number of halogens is 1. The highest BCUT2D eigenvalue weighted by molar-refractivity contribution is 5.50. The van der Waals surface area contributed by atoms with Crippen molar-refractivity contribution in [3.05, 3.63) is 30.1 Å². The van der Waals surface area contributed by atoms with E-state index in [2.05, 4.69) is 12.2 Å². The Morgan fingerprint density at radius 1 is 1.47 bits per heavy atom. The van der Waals surface area contributed by atoms with Gasteiger partial charge in [0, 0.05) is 12.6 Å². The third-order valence-electron chi connectivity index (χ3n) is 3.33. The minimum Gasteiger partial charge on any atom is -0.394 e. The highest BCUT2D eigenvalue weighted by Gasteiger charge is 2.27. The van der Waals surface area contributed by atoms with E-state index >= 15 is 0 Å². The lowest BCUT2D eigenvalue weighted by molar-refractivity contribution is 0.255. The summed E-state index contributed by atoms with van der Waals surface area (Å²) in [4.78, 5) is 2.00. The molecule has 3 nitrogen and oxygen atoms in total. The summed E-state index contributed by atoms with van der Waals surface area (Å²) in [5, 5.41) is 12.7. The van der Waals surface area contributed by atoms with Gasteiger partial charge in [0.05, 0.1) is 18.3 Å². The predicted octanol–water partition coefficient (Wildman–Crippen LogP) is 1.37. The Balaban J connectivity index is 2.34. The Kier molecular flexibility index (Phi) is 3.97. The lowest BCUT2D eigenvalue weighted by Gasteiger charge is -2.35. The molecular weight excluding hydrogens is 219 g/mol. The summed E-state index contributed by atoms with van der Waals surface area (Å²) < 4.78 is 13.8. The maximum Gasteiger partial charge on any atom is 0.146 e. The smallest absolute Gasteiger partial charge is 0.146 e. The van der Waals surface area contributed by atoms with Crippen LogP contribution in [0.15, 0.2) is 24.3 Å². The van der Waals surface area contributed by atoms with Gasteiger partial charge in [-0.05, 0) is 32.0 Å². The van der Waals surface area contributed by atoms with Crippen molar-refractivity contribution < 1.29 is 9.50 Å². The molecule has 1 aliphatic heterocycles. The van der Waals surface area contributed by atoms with Crippen LogP contribution in [0.3, 0.4) is 0 Å². The van der Waals surface area contributed by atoms with E-state index in [-0.39, 0.29) is 24.5 Å². The normalized spacial score (nSPS) is 25.7. The fourth-order valence-corrected chi connectivity index (χ4v) is 2.42. The summed E-state index contributed by atoms with van der Waals surface area (Å²) in [5.41, 5.74) is 0.586. The van der Waals surface area contributed by atoms with Gasteiger partial charge in [-0.3, -0.25) is 0 Å². The molecule has 0 aromatic heterocycles. The van der Waals surface area contributed by atoms with Crippen LogP contribution >= 0.6 is 0 Å². The molecule has 1 fully saturated rings. The lowest BCUT2D eigenvalue weighted by atomic mass is 10.1. The molecule has 1 heterocycles. The molecule has 0 bridgehead atoms. The molecule has 1 aliphatic rings. The summed E-state index contributed by atoms with van der Waals surface area (Å²) >= 11 is 0. The van der Waals surface area contributed by atoms with Gasteiger partial charge in [0.25, 0.3) is 0 Å². The van der Waals surface area contributed by atoms with E-state index in [4.69, 9.17) is 0 Å². The maximum absolute atomic E-state index is 13.8. The summed E-state index contributed by atoms with van der Waals surface area (Å²) in [6.45, 7) is 3.70. The van der Waals surface area contributed by atoms with Crippen LogP contribution in [0.5, 0.6) is 0 Å². The third-order valence-corrected chi connectivity index (χ3v) is 3.33. The Hall–Kier alpha value is -1.13. The minimum absolute atomic E-state index is 0.0334. The molecule has 2 rings (SSSR count). The van der Waals surface area contributed by atoms with Crippen LogP contribution in [0.1, 0.15) is 13.3 Å². The zero-order chi connectivity index (χ0) is 12.3. The molecule has 0 spiro atoms. The zero-order valence-electron chi connectivity index (χ0n) is 10.1. The summed E-state index contributed by atoms with van der Waals surface area (Å²) in [6, 6.07) is 6.92. The van der Waals surface area contributed by atoms with Gasteiger partial charge in [0.2, 0.25) is 0 Å². The van der Waals surface area contributed by atoms with Crippen LogP contribution in [0.25, 0.3) is 0 Å². The van der Waals surface area contributed by atoms with E-state index < -0.39 is 0 Å². The second kappa shape index (κ2) is 5.47. The molecule has 0 saturated carbocycles. The van der Waals surface area contributed by atoms with Gasteiger partial charge in [0.1, 0.15) is 5.82 Å². The number of aliphatic hydroxyl groups is 1. The third kappa shape index (κ3) is 2.58. The van der Waals surface area contributed by atoms with E-state index in [0.29, 0.717) is 12.2 Å². The number of nitrogens with one attached hydrogen (secondary N) is 1. The molecule has 17 heavy (non-hydrogen) atoms. The lowest BCUT2D eigenvalue weighted by Crippen LogP contribution is -2.46. The molecule has 94 valence electrons. The molecule has 1 saturated heterocycles. The average Bonchev–Trinajstić information content (AvgIpc) is 2.52. The van der Waals surface area contributed by atoms with Crippen LogP contribution in [-0.2, 0) is 0 Å². The zero-order valence-corrected chi connectivity index (χ0v) is 10.1. The Bertz CT molecular complexity index is 372. The first kappa shape index (κ1) is 12.3. The number of hydrogen-bond donors (Lipinski definition) is 2. The molecule has 2 atom stereocenters. The number of para-hydroxylation sites is 1. The molecule has 0 aliphatic carbocycles. The quantitative estimate of drug-likeness (QED) is 0.817. The van der Waals surface area contributed by atoms with E-state index in [0.717, 1.165) is 13.0 Å². The Labute approximate surface area is 101 Å². The molecule has 1 aromatic carbocycles. The SMILES string of the molecule is CC1CCNCC(CO)N1c1ccccc1F. The molecule has 0 radical (unpaired) electrons. The van der Waals surface area contributed by atoms with Crippen molar-refractivity contribution in [2.24, 2.45) is 0 Å². The van der Waals surface area contributed by atoms with Crippen LogP contribution < -0.4 is 10.2 Å². The number of nitrogens with zero attached hydrogens (tertiary/aromatic N) is 1. The first-order chi connectivity index (χ1) is 8.24. The highest BCUT2D eigenvalue weighted by Crippen LogP contribution is 2.25. The molecule has 4 heteroatoms. The second-order valence-corrected chi connectivity index (χ2v) is 4.54. The van der Waals surface area contributed by atoms with E-state index in [9.17, 15) is 9.50 Å². The fourth-order valence-electron chi connectivity index (χ4n) is 2.42. The number of rotatable bonds is 2. The summed E-state index contributed by atoms with van der Waals surface area (Å²) in [6.07, 6.45) is 0.949. The molecule has 2 N–H and O–H groups in total. The number of benzene rings is 1. The number of aliphatic hydroxyl groups excluding tert-OH is 1. The van der Waals surface area contributed by atoms with E-state index in [1.807, 2.05) is 11.0 Å². The monoisotopic (exact) mass is 238 g/mol. The molecule has 2 unspecified atom stereocenters. The summed E-state index contributed by atoms with van der Waals surface area (Å²) in [7, 11) is 0. The van der Waals surface area contributed by atoms with Crippen molar-refractivity contribution >= 4 is 5.69 Å². The fraction of sp³-hybridized carbons (Fsp3) is 0.538. The van der Waals surface area contributed by atoms with Crippen molar-refractivity contribution in [1.82, 2.24) is 5.32 Å². The van der Waals surface area contributed by atoms with Gasteiger partial charge in [-0.15, -0.1) is 0 Å². The Morgan fingerprint density at radius 2 is 2.24 bits per heavy atom. The molecule has 1 aromatic rings. The van der Waals surface area contributed by atoms with Gasteiger partial charge in [-0.1, -0.05) is 12.1 Å². The standard InChI is InChI=1S/C13H19FN2O/c1-10-6-7-15-8-11(9-17)16(10)13-5-3-2-4-12(13)14/h2-5,10-11,15,17H,6-9H2,1H3. The van der Waals surface area contributed by atoms with Gasteiger partial charge in [0.15, 0.2) is 0 Å². The van der Waals surface area contributed by atoms with Crippen LogP contribution in [-0.4, -0.2) is 36.9 Å². The predicted molar refractivity (Wildman–Crippen MR) is 66.7 cm³/mol. The molecule has 0 amide bonds. The first-order valence-electron chi connectivity index (χ1n) is 6.08. The largest absolute Gasteiger partial charge is 0.394 e. The number of hydrogen-bond acceptors (Lipinski definition) is 3. The van der Waals surface area contributed by atoms with Crippen LogP contribution in [0.2, 0.25) is 0 Å². The number of anilines is 1. The van der Waals surface area contributed by atoms with Crippen molar-refractivity contribution in [3.63, 3.8) is 0 Å². The van der Waals surface area contributed by atoms with Crippen LogP contribution in [0, 0.1) is 5.82 Å². The van der Waals surface area contributed by atoms with Gasteiger partial charge >= 0.3 is 0 Å². The van der Waals surface area contributed by atoms with E-state index in [1.165, 1.54) is 6.07 Å². The van der Waals surface area contributed by atoms with Gasteiger partial charge in [-0.2, -0.15) is 0 Å².